The summed E-state index contributed by atoms with van der Waals surface area (Å²) < 4.78 is 5.29. The highest BCUT2D eigenvalue weighted by Crippen LogP contribution is 2.16. The smallest absolute Gasteiger partial charge is 0.317 e. The molecule has 0 unspecified atom stereocenters. The number of amides is 2. The molecule has 5 heteroatoms. The lowest BCUT2D eigenvalue weighted by Gasteiger charge is -2.28. The second-order valence-electron chi connectivity index (χ2n) is 6.36. The summed E-state index contributed by atoms with van der Waals surface area (Å²) in [6.45, 7) is 6.60. The Kier molecular flexibility index (Phi) is 5.88. The van der Waals surface area contributed by atoms with Crippen LogP contribution in [0.25, 0.3) is 0 Å². The molecule has 1 aromatic rings. The fourth-order valence-corrected chi connectivity index (χ4v) is 3.29. The van der Waals surface area contributed by atoms with Gasteiger partial charge in [-0.3, -0.25) is 4.90 Å². The molecule has 0 aromatic heterocycles. The second kappa shape index (κ2) is 8.31. The largest absolute Gasteiger partial charge is 0.378 e. The minimum absolute atomic E-state index is 0.0149. The molecular weight excluding hydrogens is 290 g/mol. The molecule has 2 aliphatic rings. The monoisotopic (exact) mass is 317 g/mol. The van der Waals surface area contributed by atoms with Crippen molar-refractivity contribution < 1.29 is 9.53 Å². The molecule has 126 valence electrons. The van der Waals surface area contributed by atoms with Gasteiger partial charge in [0.25, 0.3) is 0 Å². The molecule has 23 heavy (non-hydrogen) atoms. The number of likely N-dealkylation sites (tertiary alicyclic amines) is 1. The van der Waals surface area contributed by atoms with Crippen molar-refractivity contribution in [2.75, 3.05) is 39.4 Å². The van der Waals surface area contributed by atoms with Gasteiger partial charge in [-0.15, -0.1) is 0 Å². The lowest BCUT2D eigenvalue weighted by molar-refractivity contribution is 0.0531. The summed E-state index contributed by atoms with van der Waals surface area (Å²) in [6.07, 6.45) is 3.96. The maximum absolute atomic E-state index is 12.2. The van der Waals surface area contributed by atoms with Gasteiger partial charge in [-0.25, -0.2) is 4.79 Å². The Morgan fingerprint density at radius 1 is 1.00 bits per heavy atom. The number of carbonyl (C=O) groups excluding carboxylic acids is 1. The van der Waals surface area contributed by atoms with Crippen LogP contribution in [0.2, 0.25) is 0 Å². The average molecular weight is 317 g/mol. The Morgan fingerprint density at radius 2 is 1.70 bits per heavy atom. The number of urea groups is 1. The Balaban J connectivity index is 1.55. The third kappa shape index (κ3) is 4.69. The SMILES string of the molecule is O=C(NCc1ccccc1CN1CCCCC1)N1CCOCC1. The summed E-state index contributed by atoms with van der Waals surface area (Å²) in [5, 5.41) is 3.06. The van der Waals surface area contributed by atoms with E-state index in [1.807, 2.05) is 4.90 Å². The fourth-order valence-electron chi connectivity index (χ4n) is 3.29. The van der Waals surface area contributed by atoms with Gasteiger partial charge in [0, 0.05) is 26.2 Å². The zero-order valence-corrected chi connectivity index (χ0v) is 13.8. The molecule has 5 nitrogen and oxygen atoms in total. The van der Waals surface area contributed by atoms with E-state index in [1.54, 1.807) is 0 Å². The number of nitrogens with zero attached hydrogens (tertiary/aromatic N) is 2. The molecule has 1 N–H and O–H groups in total. The van der Waals surface area contributed by atoms with Crippen molar-refractivity contribution in [1.29, 1.82) is 0 Å². The van der Waals surface area contributed by atoms with E-state index < -0.39 is 0 Å². The number of hydrogen-bond donors (Lipinski definition) is 1. The van der Waals surface area contributed by atoms with Gasteiger partial charge in [-0.05, 0) is 37.1 Å². The number of hydrogen-bond acceptors (Lipinski definition) is 3. The molecule has 0 spiro atoms. The average Bonchev–Trinajstić information content (AvgIpc) is 2.62. The van der Waals surface area contributed by atoms with Crippen molar-refractivity contribution in [2.24, 2.45) is 0 Å². The number of rotatable bonds is 4. The maximum atomic E-state index is 12.2. The summed E-state index contributed by atoms with van der Waals surface area (Å²) in [5.41, 5.74) is 2.55. The predicted octanol–water partition coefficient (Wildman–Crippen LogP) is 2.21. The number of piperidine rings is 1. The summed E-state index contributed by atoms with van der Waals surface area (Å²) in [5.74, 6) is 0. The maximum Gasteiger partial charge on any atom is 0.317 e. The van der Waals surface area contributed by atoms with Crippen molar-refractivity contribution in [3.63, 3.8) is 0 Å². The van der Waals surface area contributed by atoms with Crippen LogP contribution >= 0.6 is 0 Å². The normalized spacial score (nSPS) is 19.6. The van der Waals surface area contributed by atoms with Gasteiger partial charge in [0.1, 0.15) is 0 Å². The van der Waals surface area contributed by atoms with Crippen molar-refractivity contribution in [3.05, 3.63) is 35.4 Å². The van der Waals surface area contributed by atoms with Crippen LogP contribution < -0.4 is 5.32 Å². The van der Waals surface area contributed by atoms with Gasteiger partial charge < -0.3 is 15.0 Å². The fraction of sp³-hybridized carbons (Fsp3) is 0.611. The van der Waals surface area contributed by atoms with E-state index in [4.69, 9.17) is 4.74 Å². The quantitative estimate of drug-likeness (QED) is 0.926. The van der Waals surface area contributed by atoms with E-state index in [9.17, 15) is 4.79 Å². The first-order chi connectivity index (χ1) is 11.3. The van der Waals surface area contributed by atoms with Gasteiger partial charge in [0.05, 0.1) is 13.2 Å². The van der Waals surface area contributed by atoms with Crippen LogP contribution in [0.4, 0.5) is 4.79 Å². The molecule has 0 aliphatic carbocycles. The number of carbonyl (C=O) groups is 1. The minimum Gasteiger partial charge on any atom is -0.378 e. The van der Waals surface area contributed by atoms with Crippen LogP contribution in [-0.2, 0) is 17.8 Å². The molecule has 3 rings (SSSR count). The number of morpholine rings is 1. The van der Waals surface area contributed by atoms with Crippen molar-refractivity contribution in [3.8, 4) is 0 Å². The van der Waals surface area contributed by atoms with E-state index in [1.165, 1.54) is 43.5 Å². The molecule has 2 amide bonds. The van der Waals surface area contributed by atoms with Gasteiger partial charge in [-0.1, -0.05) is 30.7 Å². The van der Waals surface area contributed by atoms with Gasteiger partial charge >= 0.3 is 6.03 Å². The molecule has 0 radical (unpaired) electrons. The van der Waals surface area contributed by atoms with E-state index in [-0.39, 0.29) is 6.03 Å². The zero-order chi connectivity index (χ0) is 15.9. The summed E-state index contributed by atoms with van der Waals surface area (Å²) >= 11 is 0. The van der Waals surface area contributed by atoms with Crippen LogP contribution in [-0.4, -0.2) is 55.2 Å². The Bertz CT molecular complexity index is 509. The summed E-state index contributed by atoms with van der Waals surface area (Å²) in [7, 11) is 0. The van der Waals surface area contributed by atoms with E-state index in [0.717, 1.165) is 6.54 Å². The van der Waals surface area contributed by atoms with Crippen LogP contribution in [0.1, 0.15) is 30.4 Å². The number of benzene rings is 1. The van der Waals surface area contributed by atoms with Crippen LogP contribution in [0.3, 0.4) is 0 Å². The van der Waals surface area contributed by atoms with Crippen LogP contribution in [0.15, 0.2) is 24.3 Å². The van der Waals surface area contributed by atoms with Crippen molar-refractivity contribution in [1.82, 2.24) is 15.1 Å². The van der Waals surface area contributed by atoms with Gasteiger partial charge in [-0.2, -0.15) is 0 Å². The van der Waals surface area contributed by atoms with Crippen molar-refractivity contribution >= 4 is 6.03 Å². The molecule has 1 aromatic carbocycles. The van der Waals surface area contributed by atoms with Crippen LogP contribution in [0.5, 0.6) is 0 Å². The molecule has 2 aliphatic heterocycles. The molecule has 0 bridgehead atoms. The standard InChI is InChI=1S/C18H27N3O2/c22-18(21-10-12-23-13-11-21)19-14-16-6-2-3-7-17(16)15-20-8-4-1-5-9-20/h2-3,6-7H,1,4-5,8-15H2,(H,19,22). The predicted molar refractivity (Wildman–Crippen MR) is 90.2 cm³/mol. The molecule has 2 heterocycles. The number of nitrogens with one attached hydrogen (secondary N) is 1. The number of ether oxygens (including phenoxy) is 1. The first-order valence-electron chi connectivity index (χ1n) is 8.72. The highest BCUT2D eigenvalue weighted by atomic mass is 16.5. The Labute approximate surface area is 138 Å². The first-order valence-corrected chi connectivity index (χ1v) is 8.72. The highest BCUT2D eigenvalue weighted by Gasteiger charge is 2.17. The topological polar surface area (TPSA) is 44.8 Å². The lowest BCUT2D eigenvalue weighted by Crippen LogP contribution is -2.46. The van der Waals surface area contributed by atoms with Crippen molar-refractivity contribution in [2.45, 2.75) is 32.4 Å². The Morgan fingerprint density at radius 3 is 2.43 bits per heavy atom. The first kappa shape index (κ1) is 16.3. The zero-order valence-electron chi connectivity index (χ0n) is 13.8. The third-order valence-corrected chi connectivity index (χ3v) is 4.69. The van der Waals surface area contributed by atoms with E-state index in [2.05, 4.69) is 34.5 Å². The lowest BCUT2D eigenvalue weighted by atomic mass is 10.0. The molecular formula is C18H27N3O2. The van der Waals surface area contributed by atoms with Gasteiger partial charge in [0.15, 0.2) is 0 Å². The van der Waals surface area contributed by atoms with E-state index >= 15 is 0 Å². The summed E-state index contributed by atoms with van der Waals surface area (Å²) in [4.78, 5) is 16.6. The molecule has 2 saturated heterocycles. The van der Waals surface area contributed by atoms with E-state index in [0.29, 0.717) is 32.8 Å². The summed E-state index contributed by atoms with van der Waals surface area (Å²) in [6, 6.07) is 8.47. The third-order valence-electron chi connectivity index (χ3n) is 4.69. The Hall–Kier alpha value is -1.59. The molecule has 0 saturated carbocycles. The molecule has 0 atom stereocenters. The molecule has 2 fully saturated rings. The van der Waals surface area contributed by atoms with Crippen LogP contribution in [0, 0.1) is 0 Å². The minimum atomic E-state index is 0.0149. The second-order valence-corrected chi connectivity index (χ2v) is 6.36. The highest BCUT2D eigenvalue weighted by molar-refractivity contribution is 5.74. The van der Waals surface area contributed by atoms with Gasteiger partial charge in [0.2, 0.25) is 0 Å².